The highest BCUT2D eigenvalue weighted by atomic mass is 32.2. The van der Waals surface area contributed by atoms with Crippen molar-refractivity contribution in [1.29, 1.82) is 0 Å². The van der Waals surface area contributed by atoms with Crippen LogP contribution < -0.4 is 5.73 Å². The molecule has 0 amide bonds. The normalized spacial score (nSPS) is 13.9. The van der Waals surface area contributed by atoms with Crippen LogP contribution in [0.1, 0.15) is 48.7 Å². The molecule has 3 heteroatoms. The molecule has 0 fully saturated rings. The maximum atomic E-state index is 12.2. The highest BCUT2D eigenvalue weighted by Crippen LogP contribution is 2.50. The number of Topliss-reactive ketones (excluding diaryl/α,β-unsaturated/α-hetero) is 1. The average molecular weight is 374 g/mol. The van der Waals surface area contributed by atoms with Crippen LogP contribution >= 0.6 is 11.8 Å². The van der Waals surface area contributed by atoms with E-state index in [4.69, 9.17) is 5.73 Å². The minimum absolute atomic E-state index is 0.119. The van der Waals surface area contributed by atoms with Gasteiger partial charge in [-0.25, -0.2) is 0 Å². The molecular weight excluding hydrogens is 350 g/mol. The highest BCUT2D eigenvalue weighted by Gasteiger charge is 2.36. The predicted molar refractivity (Wildman–Crippen MR) is 114 cm³/mol. The summed E-state index contributed by atoms with van der Waals surface area (Å²) < 4.78 is 0. The zero-order valence-corrected chi connectivity index (χ0v) is 16.7. The number of rotatable bonds is 4. The van der Waals surface area contributed by atoms with Gasteiger partial charge in [-0.1, -0.05) is 50.7 Å². The Labute approximate surface area is 164 Å². The molecule has 0 bridgehead atoms. The monoisotopic (exact) mass is 373 g/mol. The van der Waals surface area contributed by atoms with Gasteiger partial charge >= 0.3 is 0 Å². The van der Waals surface area contributed by atoms with Crippen LogP contribution in [0.15, 0.2) is 70.5 Å². The van der Waals surface area contributed by atoms with E-state index in [-0.39, 0.29) is 11.2 Å². The van der Waals surface area contributed by atoms with Crippen LogP contribution in [0.2, 0.25) is 0 Å². The Hall–Kier alpha value is -2.52. The van der Waals surface area contributed by atoms with Crippen LogP contribution in [0, 0.1) is 0 Å². The summed E-state index contributed by atoms with van der Waals surface area (Å²) in [5.74, 6) is 0.198. The van der Waals surface area contributed by atoms with Gasteiger partial charge in [-0.15, -0.1) is 0 Å². The lowest BCUT2D eigenvalue weighted by Crippen LogP contribution is -2.15. The Bertz CT molecular complexity index is 1030. The van der Waals surface area contributed by atoms with Gasteiger partial charge in [0, 0.05) is 32.9 Å². The number of benzene rings is 3. The number of nitrogens with two attached hydrogens (primary N) is 1. The lowest BCUT2D eigenvalue weighted by atomic mass is 9.82. The minimum Gasteiger partial charge on any atom is -0.399 e. The number of carbonyl (C=O) groups is 1. The predicted octanol–water partition coefficient (Wildman–Crippen LogP) is 6.32. The summed E-state index contributed by atoms with van der Waals surface area (Å²) >= 11 is 1.74. The molecule has 0 radical (unpaired) electrons. The van der Waals surface area contributed by atoms with Crippen molar-refractivity contribution in [2.75, 3.05) is 5.73 Å². The molecule has 4 rings (SSSR count). The summed E-state index contributed by atoms with van der Waals surface area (Å²) in [7, 11) is 0. The molecule has 2 N–H and O–H groups in total. The molecule has 3 aromatic carbocycles. The third-order valence-corrected chi connectivity index (χ3v) is 6.40. The summed E-state index contributed by atoms with van der Waals surface area (Å²) in [5.41, 5.74) is 12.3. The molecule has 0 atom stereocenters. The molecule has 0 heterocycles. The second kappa shape index (κ2) is 6.58. The van der Waals surface area contributed by atoms with E-state index in [0.29, 0.717) is 6.42 Å². The molecule has 1 aliphatic rings. The summed E-state index contributed by atoms with van der Waals surface area (Å²) in [5, 5.41) is 0. The molecule has 0 spiro atoms. The van der Waals surface area contributed by atoms with Gasteiger partial charge in [-0.3, -0.25) is 4.79 Å². The Kier molecular flexibility index (Phi) is 4.35. The van der Waals surface area contributed by atoms with Gasteiger partial charge in [0.1, 0.15) is 0 Å². The quantitative estimate of drug-likeness (QED) is 0.430. The van der Waals surface area contributed by atoms with Crippen LogP contribution in [0.25, 0.3) is 11.1 Å². The number of hydrogen-bond donors (Lipinski definition) is 1. The zero-order chi connectivity index (χ0) is 19.2. The van der Waals surface area contributed by atoms with Gasteiger partial charge in [-0.2, -0.15) is 0 Å². The number of carbonyl (C=O) groups excluding carboxylic acids is 1. The molecule has 3 aromatic rings. The largest absolute Gasteiger partial charge is 0.399 e. The van der Waals surface area contributed by atoms with Crippen molar-refractivity contribution in [3.05, 3.63) is 77.4 Å². The Morgan fingerprint density at radius 3 is 2.15 bits per heavy atom. The van der Waals surface area contributed by atoms with E-state index in [9.17, 15) is 4.79 Å². The maximum absolute atomic E-state index is 12.2. The van der Waals surface area contributed by atoms with Crippen LogP contribution in [0.4, 0.5) is 5.69 Å². The van der Waals surface area contributed by atoms with Crippen molar-refractivity contribution in [2.24, 2.45) is 0 Å². The molecule has 0 saturated carbocycles. The van der Waals surface area contributed by atoms with E-state index in [2.05, 4.69) is 56.3 Å². The van der Waals surface area contributed by atoms with Gasteiger partial charge in [-0.05, 0) is 64.7 Å². The first-order chi connectivity index (χ1) is 12.9. The molecule has 27 heavy (non-hydrogen) atoms. The Morgan fingerprint density at radius 1 is 0.889 bits per heavy atom. The lowest BCUT2D eigenvalue weighted by Gasteiger charge is -2.22. The lowest BCUT2D eigenvalue weighted by molar-refractivity contribution is 0.0988. The number of anilines is 1. The minimum atomic E-state index is -0.119. The first kappa shape index (κ1) is 17.9. The fourth-order valence-electron chi connectivity index (χ4n) is 3.83. The number of hydrogen-bond acceptors (Lipinski definition) is 3. The van der Waals surface area contributed by atoms with Crippen molar-refractivity contribution >= 4 is 23.2 Å². The second-order valence-electron chi connectivity index (χ2n) is 7.54. The second-order valence-corrected chi connectivity index (χ2v) is 8.69. The third-order valence-electron chi connectivity index (χ3n) is 5.41. The molecule has 0 aromatic heterocycles. The summed E-state index contributed by atoms with van der Waals surface area (Å²) in [6.45, 7) is 6.40. The average Bonchev–Trinajstić information content (AvgIpc) is 2.90. The molecule has 2 nitrogen and oxygen atoms in total. The van der Waals surface area contributed by atoms with E-state index in [0.717, 1.165) is 11.3 Å². The first-order valence-corrected chi connectivity index (χ1v) is 10.1. The van der Waals surface area contributed by atoms with Crippen LogP contribution in [-0.4, -0.2) is 5.78 Å². The number of nitrogen functional groups attached to an aromatic ring is 1. The molecule has 0 aliphatic heterocycles. The van der Waals surface area contributed by atoms with Crippen molar-refractivity contribution in [1.82, 2.24) is 0 Å². The van der Waals surface area contributed by atoms with E-state index >= 15 is 0 Å². The fourth-order valence-corrected chi connectivity index (χ4v) is 4.69. The topological polar surface area (TPSA) is 43.1 Å². The van der Waals surface area contributed by atoms with Crippen molar-refractivity contribution in [2.45, 2.75) is 42.4 Å². The van der Waals surface area contributed by atoms with Gasteiger partial charge in [0.25, 0.3) is 0 Å². The Morgan fingerprint density at radius 2 is 1.48 bits per heavy atom. The third kappa shape index (κ3) is 3.06. The van der Waals surface area contributed by atoms with Gasteiger partial charge in [0.05, 0.1) is 0 Å². The standard InChI is InChI=1S/C24H23NOS/c1-4-23(26)15-5-11-19-20-12-10-18(27-17-8-6-16(25)7-9-17)14-22(20)24(2,3)21(19)13-15/h5-14H,4,25H2,1-3H3. The maximum Gasteiger partial charge on any atom is 0.162 e. The molecular formula is C24H23NOS. The van der Waals surface area contributed by atoms with Crippen LogP contribution in [0.5, 0.6) is 0 Å². The highest BCUT2D eigenvalue weighted by molar-refractivity contribution is 7.99. The van der Waals surface area contributed by atoms with Crippen LogP contribution in [-0.2, 0) is 5.41 Å². The summed E-state index contributed by atoms with van der Waals surface area (Å²) in [6.07, 6.45) is 0.536. The zero-order valence-electron chi connectivity index (χ0n) is 15.9. The molecule has 136 valence electrons. The fraction of sp³-hybridized carbons (Fsp3) is 0.208. The van der Waals surface area contributed by atoms with Gasteiger partial charge in [0.15, 0.2) is 5.78 Å². The SMILES string of the molecule is CCC(=O)c1ccc2c(c1)C(C)(C)c1cc(Sc3ccc(N)cc3)ccc1-2. The number of fused-ring (bicyclic) bond motifs is 3. The molecule has 1 aliphatic carbocycles. The Balaban J connectivity index is 1.73. The van der Waals surface area contributed by atoms with E-state index < -0.39 is 0 Å². The summed E-state index contributed by atoms with van der Waals surface area (Å²) in [4.78, 5) is 14.6. The van der Waals surface area contributed by atoms with Crippen molar-refractivity contribution in [3.8, 4) is 11.1 Å². The van der Waals surface area contributed by atoms with Gasteiger partial charge in [0.2, 0.25) is 0 Å². The van der Waals surface area contributed by atoms with Crippen molar-refractivity contribution in [3.63, 3.8) is 0 Å². The first-order valence-electron chi connectivity index (χ1n) is 9.26. The van der Waals surface area contributed by atoms with Crippen LogP contribution in [0.3, 0.4) is 0 Å². The molecule has 0 unspecified atom stereocenters. The van der Waals surface area contributed by atoms with E-state index in [1.54, 1.807) is 11.8 Å². The summed E-state index contributed by atoms with van der Waals surface area (Å²) in [6, 6.07) is 20.8. The molecule has 0 saturated heterocycles. The smallest absolute Gasteiger partial charge is 0.162 e. The van der Waals surface area contributed by atoms with Crippen molar-refractivity contribution < 1.29 is 4.79 Å². The van der Waals surface area contributed by atoms with Gasteiger partial charge < -0.3 is 5.73 Å². The van der Waals surface area contributed by atoms with E-state index in [1.807, 2.05) is 25.1 Å². The van der Waals surface area contributed by atoms with E-state index in [1.165, 1.54) is 32.0 Å². The number of ketones is 1.